The van der Waals surface area contributed by atoms with Gasteiger partial charge in [0.05, 0.1) is 16.7 Å². The highest BCUT2D eigenvalue weighted by Gasteiger charge is 2.15. The smallest absolute Gasteiger partial charge is 0.262 e. The van der Waals surface area contributed by atoms with Crippen LogP contribution >= 0.6 is 11.8 Å². The van der Waals surface area contributed by atoms with Gasteiger partial charge in [-0.05, 0) is 36.8 Å². The van der Waals surface area contributed by atoms with Crippen molar-refractivity contribution < 1.29 is 13.6 Å². The van der Waals surface area contributed by atoms with Crippen LogP contribution in [0.4, 0.5) is 8.78 Å². The third kappa shape index (κ3) is 5.09. The minimum absolute atomic E-state index is 0.0230. The first-order valence-electron chi connectivity index (χ1n) is 9.62. The first kappa shape index (κ1) is 21.2. The van der Waals surface area contributed by atoms with Crippen molar-refractivity contribution in [1.29, 1.82) is 0 Å². The molecule has 0 unspecified atom stereocenters. The number of fused-ring (bicyclic) bond motifs is 1. The van der Waals surface area contributed by atoms with Gasteiger partial charge < -0.3 is 0 Å². The molecule has 0 amide bonds. The summed E-state index contributed by atoms with van der Waals surface area (Å²) in [5.41, 5.74) is 0.536. The van der Waals surface area contributed by atoms with Crippen LogP contribution in [-0.4, -0.2) is 21.1 Å². The Morgan fingerprint density at radius 2 is 1.86 bits per heavy atom. The molecule has 0 N–H and O–H groups in total. The summed E-state index contributed by atoms with van der Waals surface area (Å²) in [7, 11) is 0. The standard InChI is InChI=1S/C22H22F2N2O2S/c1-2-3-4-7-12-26-21(28)16-8-5-6-9-19(16)25-22(26)29-14-20(27)15-10-11-17(23)18(24)13-15/h5-6,8-11,13H,2-4,7,12,14H2,1H3. The van der Waals surface area contributed by atoms with E-state index >= 15 is 0 Å². The van der Waals surface area contributed by atoms with Crippen molar-refractivity contribution in [2.75, 3.05) is 5.75 Å². The van der Waals surface area contributed by atoms with E-state index in [1.165, 1.54) is 6.07 Å². The maximum Gasteiger partial charge on any atom is 0.262 e. The lowest BCUT2D eigenvalue weighted by molar-refractivity contribution is 0.102. The van der Waals surface area contributed by atoms with Crippen LogP contribution in [-0.2, 0) is 6.54 Å². The zero-order chi connectivity index (χ0) is 20.8. The number of ketones is 1. The number of Topliss-reactive ketones (excluding diaryl/α,β-unsaturated/α-hetero) is 1. The molecule has 2 aromatic carbocycles. The van der Waals surface area contributed by atoms with Gasteiger partial charge in [0.2, 0.25) is 0 Å². The number of para-hydroxylation sites is 1. The third-order valence-corrected chi connectivity index (χ3v) is 5.61. The Hall–Kier alpha value is -2.54. The average molecular weight is 416 g/mol. The number of benzene rings is 2. The maximum absolute atomic E-state index is 13.4. The van der Waals surface area contributed by atoms with Crippen molar-refractivity contribution in [2.24, 2.45) is 0 Å². The second kappa shape index (κ2) is 9.78. The van der Waals surface area contributed by atoms with E-state index in [-0.39, 0.29) is 22.7 Å². The molecule has 1 heterocycles. The molecular weight excluding hydrogens is 394 g/mol. The van der Waals surface area contributed by atoms with Crippen molar-refractivity contribution in [3.8, 4) is 0 Å². The number of carbonyl (C=O) groups excluding carboxylic acids is 1. The monoisotopic (exact) mass is 416 g/mol. The van der Waals surface area contributed by atoms with Gasteiger partial charge in [-0.1, -0.05) is 50.1 Å². The van der Waals surface area contributed by atoms with Crippen molar-refractivity contribution in [2.45, 2.75) is 44.3 Å². The van der Waals surface area contributed by atoms with E-state index in [9.17, 15) is 18.4 Å². The van der Waals surface area contributed by atoms with Gasteiger partial charge in [0.1, 0.15) is 0 Å². The van der Waals surface area contributed by atoms with Gasteiger partial charge in [0, 0.05) is 12.1 Å². The largest absolute Gasteiger partial charge is 0.293 e. The molecule has 0 radical (unpaired) electrons. The van der Waals surface area contributed by atoms with E-state index in [0.717, 1.165) is 49.6 Å². The van der Waals surface area contributed by atoms with Gasteiger partial charge in [0.15, 0.2) is 22.6 Å². The molecule has 0 aliphatic carbocycles. The van der Waals surface area contributed by atoms with Crippen LogP contribution in [0.2, 0.25) is 0 Å². The van der Waals surface area contributed by atoms with E-state index in [2.05, 4.69) is 11.9 Å². The lowest BCUT2D eigenvalue weighted by atomic mass is 10.1. The van der Waals surface area contributed by atoms with E-state index in [1.807, 2.05) is 0 Å². The molecule has 29 heavy (non-hydrogen) atoms. The Labute approximate surface area is 172 Å². The van der Waals surface area contributed by atoms with Gasteiger partial charge in [-0.25, -0.2) is 13.8 Å². The average Bonchev–Trinajstić information content (AvgIpc) is 2.73. The number of unbranched alkanes of at least 4 members (excludes halogenated alkanes) is 3. The number of hydrogen-bond acceptors (Lipinski definition) is 4. The summed E-state index contributed by atoms with van der Waals surface area (Å²) in [4.78, 5) is 29.9. The molecule has 4 nitrogen and oxygen atoms in total. The molecule has 3 aromatic rings. The molecule has 0 saturated carbocycles. The molecular formula is C22H22F2N2O2S. The number of halogens is 2. The predicted molar refractivity (Wildman–Crippen MR) is 112 cm³/mol. The van der Waals surface area contributed by atoms with Crippen molar-refractivity contribution in [1.82, 2.24) is 9.55 Å². The van der Waals surface area contributed by atoms with Gasteiger partial charge in [-0.2, -0.15) is 0 Å². The topological polar surface area (TPSA) is 52.0 Å². The summed E-state index contributed by atoms with van der Waals surface area (Å²) in [6.07, 6.45) is 4.04. The molecule has 1 aromatic heterocycles. The second-order valence-electron chi connectivity index (χ2n) is 6.77. The minimum Gasteiger partial charge on any atom is -0.293 e. The number of carbonyl (C=O) groups is 1. The molecule has 3 rings (SSSR count). The molecule has 0 bridgehead atoms. The number of rotatable bonds is 9. The summed E-state index contributed by atoms with van der Waals surface area (Å²) >= 11 is 1.14. The van der Waals surface area contributed by atoms with Crippen LogP contribution in [0.5, 0.6) is 0 Å². The van der Waals surface area contributed by atoms with E-state index < -0.39 is 11.6 Å². The lowest BCUT2D eigenvalue weighted by Gasteiger charge is -2.13. The molecule has 0 spiro atoms. The van der Waals surface area contributed by atoms with Gasteiger partial charge >= 0.3 is 0 Å². The van der Waals surface area contributed by atoms with Gasteiger partial charge in [-0.15, -0.1) is 0 Å². The summed E-state index contributed by atoms with van der Waals surface area (Å²) in [5.74, 6) is -2.43. The van der Waals surface area contributed by atoms with Crippen molar-refractivity contribution in [3.05, 3.63) is 70.0 Å². The fourth-order valence-electron chi connectivity index (χ4n) is 3.03. The first-order valence-corrected chi connectivity index (χ1v) is 10.6. The molecule has 0 fully saturated rings. The first-order chi connectivity index (χ1) is 14.0. The van der Waals surface area contributed by atoms with E-state index in [4.69, 9.17) is 0 Å². The maximum atomic E-state index is 13.4. The fraction of sp³-hybridized carbons (Fsp3) is 0.318. The number of aromatic nitrogens is 2. The van der Waals surface area contributed by atoms with Crippen molar-refractivity contribution in [3.63, 3.8) is 0 Å². The Morgan fingerprint density at radius 3 is 2.62 bits per heavy atom. The van der Waals surface area contributed by atoms with E-state index in [1.54, 1.807) is 28.8 Å². The van der Waals surface area contributed by atoms with Crippen LogP contribution in [0.15, 0.2) is 52.4 Å². The second-order valence-corrected chi connectivity index (χ2v) is 7.71. The summed E-state index contributed by atoms with van der Waals surface area (Å²) in [6.45, 7) is 2.65. The zero-order valence-electron chi connectivity index (χ0n) is 16.2. The zero-order valence-corrected chi connectivity index (χ0v) is 17.0. The summed E-state index contributed by atoms with van der Waals surface area (Å²) in [6, 6.07) is 10.2. The van der Waals surface area contributed by atoms with Crippen LogP contribution < -0.4 is 5.56 Å². The molecule has 0 atom stereocenters. The normalized spacial score (nSPS) is 11.1. The van der Waals surface area contributed by atoms with Gasteiger partial charge in [0.25, 0.3) is 5.56 Å². The Morgan fingerprint density at radius 1 is 1.07 bits per heavy atom. The highest BCUT2D eigenvalue weighted by atomic mass is 32.2. The fourth-order valence-corrected chi connectivity index (χ4v) is 3.95. The number of nitrogens with zero attached hydrogens (tertiary/aromatic N) is 2. The molecule has 0 aliphatic rings. The van der Waals surface area contributed by atoms with Crippen LogP contribution in [0.25, 0.3) is 10.9 Å². The van der Waals surface area contributed by atoms with Crippen molar-refractivity contribution >= 4 is 28.4 Å². The van der Waals surface area contributed by atoms with Crippen LogP contribution in [0.3, 0.4) is 0 Å². The quantitative estimate of drug-likeness (QED) is 0.207. The molecule has 152 valence electrons. The number of thioether (sulfide) groups is 1. The Kier molecular flexibility index (Phi) is 7.14. The minimum atomic E-state index is -1.06. The third-order valence-electron chi connectivity index (χ3n) is 4.64. The highest BCUT2D eigenvalue weighted by Crippen LogP contribution is 2.20. The molecule has 7 heteroatoms. The Balaban J connectivity index is 1.85. The van der Waals surface area contributed by atoms with Gasteiger partial charge in [-0.3, -0.25) is 14.2 Å². The molecule has 0 aliphatic heterocycles. The SMILES string of the molecule is CCCCCCn1c(SCC(=O)c2ccc(F)c(F)c2)nc2ccccc2c1=O. The van der Waals surface area contributed by atoms with Crippen LogP contribution in [0.1, 0.15) is 43.0 Å². The summed E-state index contributed by atoms with van der Waals surface area (Å²) < 4.78 is 28.1. The van der Waals surface area contributed by atoms with E-state index in [0.29, 0.717) is 22.6 Å². The number of hydrogen-bond donors (Lipinski definition) is 0. The predicted octanol–water partition coefficient (Wildman–Crippen LogP) is 5.23. The Bertz CT molecular complexity index is 1080. The summed E-state index contributed by atoms with van der Waals surface area (Å²) in [5, 5.41) is 1.00. The highest BCUT2D eigenvalue weighted by molar-refractivity contribution is 7.99. The molecule has 0 saturated heterocycles. The van der Waals surface area contributed by atoms with Crippen LogP contribution in [0, 0.1) is 11.6 Å². The lowest BCUT2D eigenvalue weighted by Crippen LogP contribution is -2.24.